The van der Waals surface area contributed by atoms with Crippen LogP contribution in [0.15, 0.2) is 30.6 Å². The van der Waals surface area contributed by atoms with Gasteiger partial charge in [0, 0.05) is 64.3 Å². The summed E-state index contributed by atoms with van der Waals surface area (Å²) in [6, 6.07) is 6.63. The minimum Gasteiger partial charge on any atom is -0.496 e. The van der Waals surface area contributed by atoms with Gasteiger partial charge in [-0.2, -0.15) is 5.10 Å². The van der Waals surface area contributed by atoms with E-state index in [4.69, 9.17) is 4.74 Å². The molecule has 1 saturated heterocycles. The van der Waals surface area contributed by atoms with Gasteiger partial charge in [-0.15, -0.1) is 0 Å². The summed E-state index contributed by atoms with van der Waals surface area (Å²) >= 11 is 0. The van der Waals surface area contributed by atoms with Crippen LogP contribution in [0, 0.1) is 13.8 Å². The Kier molecular flexibility index (Phi) is 7.48. The van der Waals surface area contributed by atoms with Crippen molar-refractivity contribution in [2.75, 3.05) is 39.9 Å². The van der Waals surface area contributed by atoms with Crippen molar-refractivity contribution in [2.45, 2.75) is 45.8 Å². The van der Waals surface area contributed by atoms with Crippen molar-refractivity contribution in [1.29, 1.82) is 0 Å². The molecular weight excluding hydrogens is 352 g/mol. The number of nitrogens with zero attached hydrogens (tertiary/aromatic N) is 4. The van der Waals surface area contributed by atoms with Gasteiger partial charge in [-0.25, -0.2) is 0 Å². The van der Waals surface area contributed by atoms with Crippen LogP contribution < -0.4 is 4.74 Å². The van der Waals surface area contributed by atoms with Crippen molar-refractivity contribution < 1.29 is 9.84 Å². The minimum absolute atomic E-state index is 0.239. The Morgan fingerprint density at radius 3 is 2.75 bits per heavy atom. The Bertz CT molecular complexity index is 732. The second kappa shape index (κ2) is 10.0. The van der Waals surface area contributed by atoms with Gasteiger partial charge in [0.25, 0.3) is 0 Å². The molecule has 2 aromatic rings. The first-order valence-corrected chi connectivity index (χ1v) is 10.3. The van der Waals surface area contributed by atoms with Crippen molar-refractivity contribution in [3.8, 4) is 5.75 Å². The van der Waals surface area contributed by atoms with E-state index in [0.717, 1.165) is 57.9 Å². The molecule has 0 radical (unpaired) electrons. The summed E-state index contributed by atoms with van der Waals surface area (Å²) in [5, 5.41) is 13.9. The van der Waals surface area contributed by atoms with E-state index in [1.807, 2.05) is 23.1 Å². The summed E-state index contributed by atoms with van der Waals surface area (Å²) in [5.41, 5.74) is 3.88. The molecule has 1 N–H and O–H groups in total. The quantitative estimate of drug-likeness (QED) is 0.718. The fourth-order valence-corrected chi connectivity index (χ4v) is 4.14. The highest BCUT2D eigenvalue weighted by molar-refractivity contribution is 5.43. The Labute approximate surface area is 168 Å². The summed E-state index contributed by atoms with van der Waals surface area (Å²) in [4.78, 5) is 5.07. The van der Waals surface area contributed by atoms with Crippen LogP contribution in [0.5, 0.6) is 5.75 Å². The van der Waals surface area contributed by atoms with Gasteiger partial charge < -0.3 is 14.7 Å². The molecule has 154 valence electrons. The van der Waals surface area contributed by atoms with Crippen LogP contribution in [-0.2, 0) is 13.1 Å². The molecule has 6 heteroatoms. The third kappa shape index (κ3) is 5.13. The lowest BCUT2D eigenvalue weighted by Gasteiger charge is -2.41. The van der Waals surface area contributed by atoms with Gasteiger partial charge in [0.15, 0.2) is 0 Å². The summed E-state index contributed by atoms with van der Waals surface area (Å²) < 4.78 is 7.45. The standard InChI is InChI=1S/C22H34N4O2/c1-18-19(2)22(28-3)7-6-20(18)16-25-14-13-24(17-21(25)8-15-27)10-5-12-26-11-4-9-23-26/h4,6-7,9,11,21,27H,5,8,10,12-17H2,1-3H3. The Morgan fingerprint density at radius 2 is 2.04 bits per heavy atom. The van der Waals surface area contributed by atoms with Crippen LogP contribution in [0.1, 0.15) is 29.5 Å². The molecule has 1 atom stereocenters. The number of aryl methyl sites for hydroxylation is 1. The number of hydrogen-bond acceptors (Lipinski definition) is 5. The van der Waals surface area contributed by atoms with E-state index >= 15 is 0 Å². The summed E-state index contributed by atoms with van der Waals surface area (Å²) in [5.74, 6) is 0.954. The first-order chi connectivity index (χ1) is 13.6. The molecule has 3 rings (SSSR count). The number of aliphatic hydroxyl groups excluding tert-OH is 1. The molecular formula is C22H34N4O2. The summed E-state index contributed by atoms with van der Waals surface area (Å²) in [6.45, 7) is 10.7. The number of hydrogen-bond donors (Lipinski definition) is 1. The topological polar surface area (TPSA) is 53.8 Å². The molecule has 0 amide bonds. The molecule has 6 nitrogen and oxygen atoms in total. The van der Waals surface area contributed by atoms with Crippen LogP contribution in [0.25, 0.3) is 0 Å². The van der Waals surface area contributed by atoms with Gasteiger partial charge in [-0.1, -0.05) is 6.07 Å². The van der Waals surface area contributed by atoms with E-state index in [2.05, 4.69) is 40.9 Å². The number of methoxy groups -OCH3 is 1. The van der Waals surface area contributed by atoms with E-state index in [0.29, 0.717) is 6.04 Å². The second-order valence-electron chi connectivity index (χ2n) is 7.74. The van der Waals surface area contributed by atoms with Gasteiger partial charge in [0.1, 0.15) is 5.75 Å². The average Bonchev–Trinajstić information content (AvgIpc) is 3.21. The lowest BCUT2D eigenvalue weighted by Crippen LogP contribution is -2.53. The maximum absolute atomic E-state index is 9.58. The predicted molar refractivity (Wildman–Crippen MR) is 112 cm³/mol. The predicted octanol–water partition coefficient (Wildman–Crippen LogP) is 2.47. The zero-order chi connectivity index (χ0) is 19.9. The van der Waals surface area contributed by atoms with Gasteiger partial charge in [0.2, 0.25) is 0 Å². The van der Waals surface area contributed by atoms with Gasteiger partial charge in [0.05, 0.1) is 7.11 Å². The highest BCUT2D eigenvalue weighted by Crippen LogP contribution is 2.26. The number of aliphatic hydroxyl groups is 1. The third-order valence-electron chi connectivity index (χ3n) is 6.01. The summed E-state index contributed by atoms with van der Waals surface area (Å²) in [7, 11) is 1.73. The van der Waals surface area contributed by atoms with Gasteiger partial charge in [-0.05, 0) is 55.5 Å². The molecule has 0 saturated carbocycles. The van der Waals surface area contributed by atoms with E-state index < -0.39 is 0 Å². The highest BCUT2D eigenvalue weighted by atomic mass is 16.5. The largest absolute Gasteiger partial charge is 0.496 e. The van der Waals surface area contributed by atoms with Crippen molar-refractivity contribution >= 4 is 0 Å². The maximum Gasteiger partial charge on any atom is 0.122 e. The lowest BCUT2D eigenvalue weighted by molar-refractivity contribution is 0.0524. The van der Waals surface area contributed by atoms with E-state index in [1.54, 1.807) is 7.11 Å². The second-order valence-corrected chi connectivity index (χ2v) is 7.74. The summed E-state index contributed by atoms with van der Waals surface area (Å²) in [6.07, 6.45) is 5.78. The van der Waals surface area contributed by atoms with Crippen LogP contribution in [0.3, 0.4) is 0 Å². The Hall–Kier alpha value is -1.89. The first-order valence-electron chi connectivity index (χ1n) is 10.3. The molecule has 1 aromatic heterocycles. The van der Waals surface area contributed by atoms with Crippen molar-refractivity contribution in [1.82, 2.24) is 19.6 Å². The van der Waals surface area contributed by atoms with E-state index in [-0.39, 0.29) is 6.61 Å². The van der Waals surface area contributed by atoms with Crippen LogP contribution in [-0.4, -0.2) is 70.6 Å². The van der Waals surface area contributed by atoms with Crippen molar-refractivity contribution in [2.24, 2.45) is 0 Å². The van der Waals surface area contributed by atoms with Crippen LogP contribution in [0.2, 0.25) is 0 Å². The zero-order valence-electron chi connectivity index (χ0n) is 17.5. The SMILES string of the molecule is COc1ccc(CN2CCN(CCCn3cccn3)CC2CCO)c(C)c1C. The molecule has 1 aromatic carbocycles. The molecule has 0 aliphatic carbocycles. The van der Waals surface area contributed by atoms with Crippen LogP contribution >= 0.6 is 0 Å². The molecule has 28 heavy (non-hydrogen) atoms. The monoisotopic (exact) mass is 386 g/mol. The zero-order valence-corrected chi connectivity index (χ0v) is 17.5. The third-order valence-corrected chi connectivity index (χ3v) is 6.01. The minimum atomic E-state index is 0.239. The van der Waals surface area contributed by atoms with E-state index in [9.17, 15) is 5.11 Å². The van der Waals surface area contributed by atoms with Crippen molar-refractivity contribution in [3.63, 3.8) is 0 Å². The lowest BCUT2D eigenvalue weighted by atomic mass is 10.00. The highest BCUT2D eigenvalue weighted by Gasteiger charge is 2.27. The average molecular weight is 387 g/mol. The Morgan fingerprint density at radius 1 is 1.18 bits per heavy atom. The van der Waals surface area contributed by atoms with Crippen LogP contribution in [0.4, 0.5) is 0 Å². The molecule has 0 spiro atoms. The fourth-order valence-electron chi connectivity index (χ4n) is 4.14. The number of piperazine rings is 1. The molecule has 0 bridgehead atoms. The fraction of sp³-hybridized carbons (Fsp3) is 0.591. The molecule has 1 unspecified atom stereocenters. The number of ether oxygens (including phenoxy) is 1. The number of aromatic nitrogens is 2. The van der Waals surface area contributed by atoms with Gasteiger partial charge >= 0.3 is 0 Å². The smallest absolute Gasteiger partial charge is 0.122 e. The molecule has 1 aliphatic heterocycles. The number of benzene rings is 1. The van der Waals surface area contributed by atoms with Crippen molar-refractivity contribution in [3.05, 3.63) is 47.3 Å². The maximum atomic E-state index is 9.58. The normalized spacial score (nSPS) is 18.5. The molecule has 2 heterocycles. The number of rotatable bonds is 9. The molecule has 1 fully saturated rings. The first kappa shape index (κ1) is 20.8. The molecule has 1 aliphatic rings. The van der Waals surface area contributed by atoms with Gasteiger partial charge in [-0.3, -0.25) is 9.58 Å². The van der Waals surface area contributed by atoms with E-state index in [1.165, 1.54) is 16.7 Å². The Balaban J connectivity index is 1.57.